The van der Waals surface area contributed by atoms with Gasteiger partial charge in [0, 0.05) is 16.8 Å². The molecule has 1 aromatic carbocycles. The molecule has 2 atom stereocenters. The van der Waals surface area contributed by atoms with Crippen molar-refractivity contribution in [2.75, 3.05) is 10.6 Å². The molecule has 2 aromatic rings. The van der Waals surface area contributed by atoms with E-state index in [0.29, 0.717) is 28.7 Å². The number of benzene rings is 1. The molecule has 1 fully saturated rings. The third-order valence-electron chi connectivity index (χ3n) is 3.78. The Labute approximate surface area is 138 Å². The summed E-state index contributed by atoms with van der Waals surface area (Å²) in [5.41, 5.74) is 1.57. The molecular formula is C16H16ClN3O3. The predicted octanol–water partition coefficient (Wildman–Crippen LogP) is 3.16. The second-order valence-corrected chi connectivity index (χ2v) is 6.12. The summed E-state index contributed by atoms with van der Waals surface area (Å²) >= 11 is 6.03. The predicted molar refractivity (Wildman–Crippen MR) is 86.3 cm³/mol. The van der Waals surface area contributed by atoms with E-state index in [1.807, 2.05) is 13.0 Å². The largest absolute Gasteiger partial charge is 0.360 e. The molecule has 2 unspecified atom stereocenters. The molecule has 1 heterocycles. The molecule has 2 N–H and O–H groups in total. The standard InChI is InChI=1S/C16H16ClN3O3/c1-8-3-4-10(6-13(8)17)18-15(21)11-7-12(11)16(22)19-14-5-9(2)23-20-14/h3-6,11-12H,7H2,1-2H3,(H,18,21)(H,19,20,22). The van der Waals surface area contributed by atoms with E-state index in [4.69, 9.17) is 16.1 Å². The van der Waals surface area contributed by atoms with Gasteiger partial charge in [0.1, 0.15) is 5.76 Å². The van der Waals surface area contributed by atoms with Crippen molar-refractivity contribution in [2.24, 2.45) is 11.8 Å². The first kappa shape index (κ1) is 15.6. The van der Waals surface area contributed by atoms with Crippen LogP contribution in [0.5, 0.6) is 0 Å². The molecule has 6 nitrogen and oxygen atoms in total. The number of aromatic nitrogens is 1. The van der Waals surface area contributed by atoms with Crippen LogP contribution in [0.4, 0.5) is 11.5 Å². The number of hydrogen-bond donors (Lipinski definition) is 2. The van der Waals surface area contributed by atoms with Gasteiger partial charge in [0.2, 0.25) is 11.8 Å². The fourth-order valence-corrected chi connectivity index (χ4v) is 2.50. The van der Waals surface area contributed by atoms with Crippen molar-refractivity contribution in [3.8, 4) is 0 Å². The normalized spacial score (nSPS) is 19.3. The zero-order chi connectivity index (χ0) is 16.6. The highest BCUT2D eigenvalue weighted by Gasteiger charge is 2.48. The maximum absolute atomic E-state index is 12.2. The molecule has 1 aliphatic rings. The highest BCUT2D eigenvalue weighted by molar-refractivity contribution is 6.31. The molecule has 0 radical (unpaired) electrons. The van der Waals surface area contributed by atoms with Crippen molar-refractivity contribution >= 4 is 34.9 Å². The number of anilines is 2. The number of hydrogen-bond acceptors (Lipinski definition) is 4. The number of halogens is 1. The Morgan fingerprint density at radius 1 is 1.17 bits per heavy atom. The summed E-state index contributed by atoms with van der Waals surface area (Å²) in [7, 11) is 0. The molecular weight excluding hydrogens is 318 g/mol. The van der Waals surface area contributed by atoms with Crippen molar-refractivity contribution in [1.82, 2.24) is 5.16 Å². The topological polar surface area (TPSA) is 84.2 Å². The van der Waals surface area contributed by atoms with Gasteiger partial charge in [-0.25, -0.2) is 0 Å². The quantitative estimate of drug-likeness (QED) is 0.900. The lowest BCUT2D eigenvalue weighted by Gasteiger charge is -2.06. The van der Waals surface area contributed by atoms with E-state index >= 15 is 0 Å². The van der Waals surface area contributed by atoms with Crippen LogP contribution in [-0.2, 0) is 9.59 Å². The third-order valence-corrected chi connectivity index (χ3v) is 4.19. The van der Waals surface area contributed by atoms with Crippen LogP contribution in [0.1, 0.15) is 17.7 Å². The van der Waals surface area contributed by atoms with Gasteiger partial charge in [0.25, 0.3) is 0 Å². The smallest absolute Gasteiger partial charge is 0.229 e. The zero-order valence-electron chi connectivity index (χ0n) is 12.7. The van der Waals surface area contributed by atoms with Crippen LogP contribution >= 0.6 is 11.6 Å². The number of amides is 2. The molecule has 1 aromatic heterocycles. The zero-order valence-corrected chi connectivity index (χ0v) is 13.5. The van der Waals surface area contributed by atoms with E-state index in [-0.39, 0.29) is 23.7 Å². The lowest BCUT2D eigenvalue weighted by atomic mass is 10.2. The second kappa shape index (κ2) is 6.04. The lowest BCUT2D eigenvalue weighted by molar-refractivity contribution is -0.122. The van der Waals surface area contributed by atoms with Gasteiger partial charge >= 0.3 is 0 Å². The molecule has 0 aliphatic heterocycles. The molecule has 1 saturated carbocycles. The van der Waals surface area contributed by atoms with Gasteiger partial charge in [-0.05, 0) is 38.0 Å². The van der Waals surface area contributed by atoms with Crippen LogP contribution in [0, 0.1) is 25.7 Å². The Kier molecular flexibility index (Phi) is 4.09. The monoisotopic (exact) mass is 333 g/mol. The van der Waals surface area contributed by atoms with E-state index in [0.717, 1.165) is 5.56 Å². The van der Waals surface area contributed by atoms with Gasteiger partial charge in [-0.3, -0.25) is 9.59 Å². The van der Waals surface area contributed by atoms with Gasteiger partial charge < -0.3 is 15.2 Å². The van der Waals surface area contributed by atoms with Gasteiger partial charge in [0.05, 0.1) is 11.8 Å². The van der Waals surface area contributed by atoms with Crippen molar-refractivity contribution in [1.29, 1.82) is 0 Å². The molecule has 3 rings (SSSR count). The number of aryl methyl sites for hydroxylation is 2. The molecule has 0 spiro atoms. The Bertz CT molecular complexity index is 772. The molecule has 0 saturated heterocycles. The second-order valence-electron chi connectivity index (χ2n) is 5.71. The van der Waals surface area contributed by atoms with E-state index in [2.05, 4.69) is 15.8 Å². The molecule has 2 amide bonds. The van der Waals surface area contributed by atoms with Gasteiger partial charge in [-0.1, -0.05) is 22.8 Å². The average Bonchev–Trinajstić information content (AvgIpc) is 3.21. The molecule has 7 heteroatoms. The summed E-state index contributed by atoms with van der Waals surface area (Å²) in [5, 5.41) is 9.72. The van der Waals surface area contributed by atoms with E-state index in [1.54, 1.807) is 25.1 Å². The molecule has 23 heavy (non-hydrogen) atoms. The first-order chi connectivity index (χ1) is 10.9. The summed E-state index contributed by atoms with van der Waals surface area (Å²) in [5.74, 6) is -0.0942. The number of nitrogens with one attached hydrogen (secondary N) is 2. The van der Waals surface area contributed by atoms with Gasteiger partial charge in [-0.2, -0.15) is 0 Å². The van der Waals surface area contributed by atoms with Gasteiger partial charge in [-0.15, -0.1) is 0 Å². The molecule has 120 valence electrons. The van der Waals surface area contributed by atoms with Crippen molar-refractivity contribution in [3.63, 3.8) is 0 Å². The Morgan fingerprint density at radius 2 is 1.87 bits per heavy atom. The summed E-state index contributed by atoms with van der Waals surface area (Å²) in [6, 6.07) is 6.95. The fourth-order valence-electron chi connectivity index (χ4n) is 2.32. The van der Waals surface area contributed by atoms with Crippen LogP contribution in [-0.4, -0.2) is 17.0 Å². The lowest BCUT2D eigenvalue weighted by Crippen LogP contribution is -2.20. The molecule has 0 bridgehead atoms. The minimum Gasteiger partial charge on any atom is -0.360 e. The summed E-state index contributed by atoms with van der Waals surface area (Å²) in [6.07, 6.45) is 0.522. The third kappa shape index (κ3) is 3.53. The summed E-state index contributed by atoms with van der Waals surface area (Å²) in [4.78, 5) is 24.2. The van der Waals surface area contributed by atoms with Crippen LogP contribution in [0.2, 0.25) is 5.02 Å². The number of carbonyl (C=O) groups excluding carboxylic acids is 2. The van der Waals surface area contributed by atoms with Crippen LogP contribution in [0.25, 0.3) is 0 Å². The number of nitrogens with zero attached hydrogens (tertiary/aromatic N) is 1. The Hall–Kier alpha value is -2.34. The van der Waals surface area contributed by atoms with E-state index < -0.39 is 0 Å². The van der Waals surface area contributed by atoms with E-state index in [9.17, 15) is 9.59 Å². The Balaban J connectivity index is 1.55. The number of carbonyl (C=O) groups is 2. The SMILES string of the molecule is Cc1cc(NC(=O)C2CC2C(=O)Nc2ccc(C)c(Cl)c2)no1. The first-order valence-corrected chi connectivity index (χ1v) is 7.63. The molecule has 1 aliphatic carbocycles. The minimum absolute atomic E-state index is 0.179. The fraction of sp³-hybridized carbons (Fsp3) is 0.312. The van der Waals surface area contributed by atoms with Crippen LogP contribution < -0.4 is 10.6 Å². The number of rotatable bonds is 4. The maximum atomic E-state index is 12.2. The first-order valence-electron chi connectivity index (χ1n) is 7.25. The van der Waals surface area contributed by atoms with Crippen molar-refractivity contribution in [2.45, 2.75) is 20.3 Å². The summed E-state index contributed by atoms with van der Waals surface area (Å²) < 4.78 is 4.88. The highest BCUT2D eigenvalue weighted by atomic mass is 35.5. The minimum atomic E-state index is -0.340. The van der Waals surface area contributed by atoms with Crippen LogP contribution in [0.3, 0.4) is 0 Å². The summed E-state index contributed by atoms with van der Waals surface area (Å²) in [6.45, 7) is 3.63. The van der Waals surface area contributed by atoms with Crippen LogP contribution in [0.15, 0.2) is 28.8 Å². The van der Waals surface area contributed by atoms with E-state index in [1.165, 1.54) is 0 Å². The maximum Gasteiger partial charge on any atom is 0.229 e. The average molecular weight is 334 g/mol. The van der Waals surface area contributed by atoms with Crippen molar-refractivity contribution < 1.29 is 14.1 Å². The highest BCUT2D eigenvalue weighted by Crippen LogP contribution is 2.40. The van der Waals surface area contributed by atoms with Gasteiger partial charge in [0.15, 0.2) is 5.82 Å². The van der Waals surface area contributed by atoms with Crippen molar-refractivity contribution in [3.05, 3.63) is 40.6 Å². The Morgan fingerprint density at radius 3 is 2.48 bits per heavy atom.